The summed E-state index contributed by atoms with van der Waals surface area (Å²) in [6.07, 6.45) is 2.56. The van der Waals surface area contributed by atoms with E-state index in [1.165, 1.54) is 0 Å². The van der Waals surface area contributed by atoms with Gasteiger partial charge in [-0.1, -0.05) is 12.1 Å². The molecule has 0 aromatic heterocycles. The van der Waals surface area contributed by atoms with Gasteiger partial charge in [0.15, 0.2) is 0 Å². The van der Waals surface area contributed by atoms with E-state index in [0.29, 0.717) is 32.2 Å². The van der Waals surface area contributed by atoms with Gasteiger partial charge in [0.25, 0.3) is 0 Å². The standard InChI is InChI=1S/C15H21NO4/c1-20-13-8-5-12(6-9-13)7-10-14(17)16-11-3-2-4-15(18)19/h5-6,8-9H,2-4,7,10-11H2,1H3,(H,16,17)(H,18,19). The third kappa shape index (κ3) is 6.78. The minimum absolute atomic E-state index is 0.00357. The Morgan fingerprint density at radius 1 is 1.15 bits per heavy atom. The number of amides is 1. The van der Waals surface area contributed by atoms with Crippen LogP contribution in [0.1, 0.15) is 31.2 Å². The lowest BCUT2D eigenvalue weighted by molar-refractivity contribution is -0.137. The second-order valence-corrected chi connectivity index (χ2v) is 4.55. The number of carboxylic acid groups (broad SMARTS) is 1. The van der Waals surface area contributed by atoms with Crippen LogP contribution in [0.15, 0.2) is 24.3 Å². The molecular formula is C15H21NO4. The molecule has 0 saturated carbocycles. The van der Waals surface area contributed by atoms with Gasteiger partial charge in [-0.2, -0.15) is 0 Å². The highest BCUT2D eigenvalue weighted by atomic mass is 16.5. The number of hydrogen-bond acceptors (Lipinski definition) is 3. The van der Waals surface area contributed by atoms with Crippen LogP contribution in [0.5, 0.6) is 5.75 Å². The van der Waals surface area contributed by atoms with Crippen LogP contribution in [0, 0.1) is 0 Å². The molecule has 110 valence electrons. The van der Waals surface area contributed by atoms with Crippen molar-refractivity contribution in [2.75, 3.05) is 13.7 Å². The molecule has 1 aromatic carbocycles. The second-order valence-electron chi connectivity index (χ2n) is 4.55. The summed E-state index contributed by atoms with van der Waals surface area (Å²) in [4.78, 5) is 21.9. The first-order valence-electron chi connectivity index (χ1n) is 6.73. The van der Waals surface area contributed by atoms with Crippen LogP contribution >= 0.6 is 0 Å². The van der Waals surface area contributed by atoms with Gasteiger partial charge in [0.05, 0.1) is 7.11 Å². The van der Waals surface area contributed by atoms with E-state index in [9.17, 15) is 9.59 Å². The van der Waals surface area contributed by atoms with Crippen molar-refractivity contribution in [2.45, 2.75) is 32.1 Å². The molecule has 0 spiro atoms. The highest BCUT2D eigenvalue weighted by Crippen LogP contribution is 2.12. The predicted molar refractivity (Wildman–Crippen MR) is 75.8 cm³/mol. The lowest BCUT2D eigenvalue weighted by atomic mass is 10.1. The van der Waals surface area contributed by atoms with E-state index >= 15 is 0 Å². The van der Waals surface area contributed by atoms with Crippen LogP contribution in [0.25, 0.3) is 0 Å². The lowest BCUT2D eigenvalue weighted by Gasteiger charge is -2.05. The van der Waals surface area contributed by atoms with E-state index in [1.54, 1.807) is 7.11 Å². The average Bonchev–Trinajstić information content (AvgIpc) is 2.45. The van der Waals surface area contributed by atoms with Crippen molar-refractivity contribution in [3.8, 4) is 5.75 Å². The Kier molecular flexibility index (Phi) is 7.17. The van der Waals surface area contributed by atoms with Gasteiger partial charge in [-0.3, -0.25) is 9.59 Å². The molecule has 0 heterocycles. The highest BCUT2D eigenvalue weighted by Gasteiger charge is 2.03. The molecule has 0 aliphatic carbocycles. The fraction of sp³-hybridized carbons (Fsp3) is 0.467. The van der Waals surface area contributed by atoms with Crippen molar-refractivity contribution in [3.05, 3.63) is 29.8 Å². The third-order valence-corrected chi connectivity index (χ3v) is 2.94. The Morgan fingerprint density at radius 3 is 2.45 bits per heavy atom. The Hall–Kier alpha value is -2.04. The molecule has 1 amide bonds. The fourth-order valence-electron chi connectivity index (χ4n) is 1.77. The molecule has 5 heteroatoms. The summed E-state index contributed by atoms with van der Waals surface area (Å²) >= 11 is 0. The summed E-state index contributed by atoms with van der Waals surface area (Å²) in [5.74, 6) is 0.00334. The number of carbonyl (C=O) groups is 2. The van der Waals surface area contributed by atoms with Gasteiger partial charge in [-0.25, -0.2) is 0 Å². The second kappa shape index (κ2) is 8.96. The first kappa shape index (κ1) is 16.0. The van der Waals surface area contributed by atoms with E-state index < -0.39 is 5.97 Å². The molecule has 0 aliphatic rings. The molecule has 1 rings (SSSR count). The number of rotatable bonds is 9. The summed E-state index contributed by atoms with van der Waals surface area (Å²) in [6, 6.07) is 7.64. The van der Waals surface area contributed by atoms with Gasteiger partial charge >= 0.3 is 5.97 Å². The molecule has 20 heavy (non-hydrogen) atoms. The number of benzene rings is 1. The summed E-state index contributed by atoms with van der Waals surface area (Å²) in [7, 11) is 1.62. The molecule has 0 fully saturated rings. The highest BCUT2D eigenvalue weighted by molar-refractivity contribution is 5.76. The van der Waals surface area contributed by atoms with Gasteiger partial charge in [0.2, 0.25) is 5.91 Å². The normalized spacial score (nSPS) is 10.1. The summed E-state index contributed by atoms with van der Waals surface area (Å²) in [5, 5.41) is 11.3. The van der Waals surface area contributed by atoms with Crippen LogP contribution in [-0.2, 0) is 16.0 Å². The van der Waals surface area contributed by atoms with E-state index in [-0.39, 0.29) is 12.3 Å². The van der Waals surface area contributed by atoms with E-state index in [1.807, 2.05) is 24.3 Å². The number of aliphatic carboxylic acids is 1. The topological polar surface area (TPSA) is 75.6 Å². The average molecular weight is 279 g/mol. The first-order chi connectivity index (χ1) is 9.61. The number of carbonyl (C=O) groups excluding carboxylic acids is 1. The Bertz CT molecular complexity index is 428. The number of nitrogens with one attached hydrogen (secondary N) is 1. The molecule has 2 N–H and O–H groups in total. The molecule has 0 radical (unpaired) electrons. The quantitative estimate of drug-likeness (QED) is 0.678. The minimum atomic E-state index is -0.796. The first-order valence-corrected chi connectivity index (χ1v) is 6.73. The van der Waals surface area contributed by atoms with E-state index in [0.717, 1.165) is 11.3 Å². The van der Waals surface area contributed by atoms with Crippen molar-refractivity contribution >= 4 is 11.9 Å². The van der Waals surface area contributed by atoms with Gasteiger partial charge in [-0.15, -0.1) is 0 Å². The summed E-state index contributed by atoms with van der Waals surface area (Å²) < 4.78 is 5.07. The zero-order chi connectivity index (χ0) is 14.8. The number of aryl methyl sites for hydroxylation is 1. The van der Waals surface area contributed by atoms with Crippen molar-refractivity contribution in [1.29, 1.82) is 0 Å². The minimum Gasteiger partial charge on any atom is -0.497 e. The molecule has 0 unspecified atom stereocenters. The number of ether oxygens (including phenoxy) is 1. The Labute approximate surface area is 118 Å². The number of methoxy groups -OCH3 is 1. The monoisotopic (exact) mass is 279 g/mol. The SMILES string of the molecule is COc1ccc(CCC(=O)NCCCCC(=O)O)cc1. The summed E-state index contributed by atoms with van der Waals surface area (Å²) in [6.45, 7) is 0.536. The summed E-state index contributed by atoms with van der Waals surface area (Å²) in [5.41, 5.74) is 1.09. The van der Waals surface area contributed by atoms with E-state index in [2.05, 4.69) is 5.32 Å². The van der Waals surface area contributed by atoms with Gasteiger partial charge < -0.3 is 15.2 Å². The largest absolute Gasteiger partial charge is 0.497 e. The van der Waals surface area contributed by atoms with Crippen molar-refractivity contribution in [3.63, 3.8) is 0 Å². The third-order valence-electron chi connectivity index (χ3n) is 2.94. The maximum atomic E-state index is 11.6. The van der Waals surface area contributed by atoms with Crippen molar-refractivity contribution in [1.82, 2.24) is 5.32 Å². The number of hydrogen-bond donors (Lipinski definition) is 2. The lowest BCUT2D eigenvalue weighted by Crippen LogP contribution is -2.24. The molecule has 0 saturated heterocycles. The van der Waals surface area contributed by atoms with Crippen molar-refractivity contribution < 1.29 is 19.4 Å². The molecule has 0 bridgehead atoms. The van der Waals surface area contributed by atoms with E-state index in [4.69, 9.17) is 9.84 Å². The molecule has 0 atom stereocenters. The zero-order valence-corrected chi connectivity index (χ0v) is 11.7. The van der Waals surface area contributed by atoms with Gasteiger partial charge in [0.1, 0.15) is 5.75 Å². The number of unbranched alkanes of at least 4 members (excludes halogenated alkanes) is 1. The van der Waals surface area contributed by atoms with Crippen molar-refractivity contribution in [2.24, 2.45) is 0 Å². The zero-order valence-electron chi connectivity index (χ0n) is 11.7. The fourth-order valence-corrected chi connectivity index (χ4v) is 1.77. The van der Waals surface area contributed by atoms with Crippen LogP contribution in [0.2, 0.25) is 0 Å². The number of carboxylic acids is 1. The smallest absolute Gasteiger partial charge is 0.303 e. The van der Waals surface area contributed by atoms with Crippen LogP contribution in [0.4, 0.5) is 0 Å². The Morgan fingerprint density at radius 2 is 1.85 bits per heavy atom. The molecule has 0 aliphatic heterocycles. The molecule has 1 aromatic rings. The van der Waals surface area contributed by atoms with Crippen LogP contribution < -0.4 is 10.1 Å². The molecule has 5 nitrogen and oxygen atoms in total. The maximum absolute atomic E-state index is 11.6. The van der Waals surface area contributed by atoms with Gasteiger partial charge in [-0.05, 0) is 37.0 Å². The van der Waals surface area contributed by atoms with Gasteiger partial charge in [0, 0.05) is 19.4 Å². The predicted octanol–water partition coefficient (Wildman–Crippen LogP) is 2.00. The van der Waals surface area contributed by atoms with Crippen LogP contribution in [-0.4, -0.2) is 30.6 Å². The van der Waals surface area contributed by atoms with Crippen LogP contribution in [0.3, 0.4) is 0 Å². The maximum Gasteiger partial charge on any atom is 0.303 e. The Balaban J connectivity index is 2.14. The molecular weight excluding hydrogens is 258 g/mol.